The highest BCUT2D eigenvalue weighted by Crippen LogP contribution is 2.13. The van der Waals surface area contributed by atoms with Gasteiger partial charge in [0.25, 0.3) is 11.8 Å². The van der Waals surface area contributed by atoms with Crippen molar-refractivity contribution >= 4 is 11.8 Å². The molecule has 6 nitrogen and oxygen atoms in total. The van der Waals surface area contributed by atoms with E-state index in [1.54, 1.807) is 60.7 Å². The molecule has 0 aliphatic carbocycles. The van der Waals surface area contributed by atoms with E-state index in [4.69, 9.17) is 9.47 Å². The van der Waals surface area contributed by atoms with Gasteiger partial charge in [-0.25, -0.2) is 0 Å². The zero-order chi connectivity index (χ0) is 23.7. The third-order valence-electron chi connectivity index (χ3n) is 4.89. The minimum Gasteiger partial charge on any atom is -0.490 e. The Balaban J connectivity index is 1.50. The van der Waals surface area contributed by atoms with E-state index in [0.717, 1.165) is 43.6 Å². The second kappa shape index (κ2) is 15.3. The molecule has 0 saturated heterocycles. The summed E-state index contributed by atoms with van der Waals surface area (Å²) in [4.78, 5) is 24.3. The van der Waals surface area contributed by atoms with Crippen LogP contribution in [0.1, 0.15) is 52.8 Å². The molecule has 2 N–H and O–H groups in total. The highest BCUT2D eigenvalue weighted by molar-refractivity contribution is 5.94. The van der Waals surface area contributed by atoms with Crippen LogP contribution >= 0.6 is 0 Å². The van der Waals surface area contributed by atoms with Crippen molar-refractivity contribution in [1.82, 2.24) is 10.6 Å². The number of benzene rings is 2. The van der Waals surface area contributed by atoms with Gasteiger partial charge in [0.2, 0.25) is 0 Å². The Morgan fingerprint density at radius 2 is 1.00 bits per heavy atom. The number of amides is 2. The van der Waals surface area contributed by atoms with E-state index in [0.29, 0.717) is 37.4 Å². The second-order valence-corrected chi connectivity index (χ2v) is 7.53. The lowest BCUT2D eigenvalue weighted by atomic mass is 10.1. The van der Waals surface area contributed by atoms with E-state index in [-0.39, 0.29) is 11.8 Å². The predicted molar refractivity (Wildman–Crippen MR) is 132 cm³/mol. The fraction of sp³-hybridized carbons (Fsp3) is 0.333. The maximum atomic E-state index is 12.2. The third kappa shape index (κ3) is 10.1. The van der Waals surface area contributed by atoms with Gasteiger partial charge in [0.1, 0.15) is 24.7 Å². The highest BCUT2D eigenvalue weighted by Gasteiger charge is 2.06. The average Bonchev–Trinajstić information content (AvgIpc) is 2.85. The Hall–Kier alpha value is -3.54. The summed E-state index contributed by atoms with van der Waals surface area (Å²) in [6.07, 6.45) is 8.36. The zero-order valence-electron chi connectivity index (χ0n) is 19.2. The van der Waals surface area contributed by atoms with Crippen LogP contribution in [0.25, 0.3) is 0 Å². The van der Waals surface area contributed by atoms with Gasteiger partial charge in [-0.1, -0.05) is 44.6 Å². The summed E-state index contributed by atoms with van der Waals surface area (Å²) in [7, 11) is 0. The minimum absolute atomic E-state index is 0.0757. The fourth-order valence-corrected chi connectivity index (χ4v) is 3.10. The van der Waals surface area contributed by atoms with E-state index in [9.17, 15) is 9.59 Å². The largest absolute Gasteiger partial charge is 0.490 e. The molecule has 2 aromatic carbocycles. The standard InChI is InChI=1S/C27H34N2O4/c1-3-20-32-24-14-10-22(11-15-24)26(30)28-18-8-6-5-7-9-19-29-27(31)23-12-16-25(17-13-23)33-21-4-2/h3-4,10-17H,1-2,5-9,18-21H2,(H,28,30)(H,29,31). The summed E-state index contributed by atoms with van der Waals surface area (Å²) in [5, 5.41) is 5.89. The number of carbonyl (C=O) groups is 2. The lowest BCUT2D eigenvalue weighted by Crippen LogP contribution is -2.24. The molecular weight excluding hydrogens is 416 g/mol. The molecule has 0 aliphatic rings. The van der Waals surface area contributed by atoms with Gasteiger partial charge in [-0.15, -0.1) is 0 Å². The molecule has 0 fully saturated rings. The molecule has 0 aliphatic heterocycles. The first-order valence-corrected chi connectivity index (χ1v) is 11.4. The summed E-state index contributed by atoms with van der Waals surface area (Å²) in [6.45, 7) is 9.40. The second-order valence-electron chi connectivity index (χ2n) is 7.53. The number of unbranched alkanes of at least 4 members (excludes halogenated alkanes) is 4. The van der Waals surface area contributed by atoms with E-state index in [1.807, 2.05) is 0 Å². The number of nitrogens with one attached hydrogen (secondary N) is 2. The van der Waals surface area contributed by atoms with Crippen LogP contribution in [0.4, 0.5) is 0 Å². The molecule has 0 spiro atoms. The summed E-state index contributed by atoms with van der Waals surface area (Å²) < 4.78 is 10.8. The van der Waals surface area contributed by atoms with Crippen LogP contribution in [0.15, 0.2) is 73.8 Å². The van der Waals surface area contributed by atoms with Crippen molar-refractivity contribution in [3.05, 3.63) is 85.0 Å². The molecule has 0 unspecified atom stereocenters. The highest BCUT2D eigenvalue weighted by atomic mass is 16.5. The van der Waals surface area contributed by atoms with Crippen LogP contribution in [-0.2, 0) is 0 Å². The van der Waals surface area contributed by atoms with Crippen molar-refractivity contribution in [3.63, 3.8) is 0 Å². The molecule has 2 amide bonds. The third-order valence-corrected chi connectivity index (χ3v) is 4.89. The van der Waals surface area contributed by atoms with E-state index in [2.05, 4.69) is 23.8 Å². The molecule has 6 heteroatoms. The van der Waals surface area contributed by atoms with Crippen molar-refractivity contribution in [1.29, 1.82) is 0 Å². The van der Waals surface area contributed by atoms with E-state index < -0.39 is 0 Å². The molecule has 0 heterocycles. The van der Waals surface area contributed by atoms with Crippen molar-refractivity contribution in [2.45, 2.75) is 32.1 Å². The molecule has 2 rings (SSSR count). The van der Waals surface area contributed by atoms with E-state index >= 15 is 0 Å². The molecule has 176 valence electrons. The topological polar surface area (TPSA) is 76.7 Å². The summed E-state index contributed by atoms with van der Waals surface area (Å²) >= 11 is 0. The van der Waals surface area contributed by atoms with Crippen LogP contribution in [-0.4, -0.2) is 38.1 Å². The molecule has 0 saturated carbocycles. The number of hydrogen-bond acceptors (Lipinski definition) is 4. The summed E-state index contributed by atoms with van der Waals surface area (Å²) in [5.74, 6) is 1.28. The van der Waals surface area contributed by atoms with Gasteiger partial charge in [0.05, 0.1) is 0 Å². The maximum absolute atomic E-state index is 12.2. The quantitative estimate of drug-likeness (QED) is 0.281. The maximum Gasteiger partial charge on any atom is 0.251 e. The number of carbonyl (C=O) groups excluding carboxylic acids is 2. The molecular formula is C27H34N2O4. The fourth-order valence-electron chi connectivity index (χ4n) is 3.10. The first kappa shape index (κ1) is 25.7. The Morgan fingerprint density at radius 3 is 1.36 bits per heavy atom. The Bertz CT molecular complexity index is 802. The van der Waals surface area contributed by atoms with Crippen molar-refractivity contribution in [2.24, 2.45) is 0 Å². The monoisotopic (exact) mass is 450 g/mol. The molecule has 0 bridgehead atoms. The smallest absolute Gasteiger partial charge is 0.251 e. The van der Waals surface area contributed by atoms with Crippen LogP contribution in [0.5, 0.6) is 11.5 Å². The van der Waals surface area contributed by atoms with Gasteiger partial charge >= 0.3 is 0 Å². The van der Waals surface area contributed by atoms with Gasteiger partial charge in [0, 0.05) is 24.2 Å². The number of rotatable bonds is 16. The molecule has 0 atom stereocenters. The van der Waals surface area contributed by atoms with Crippen molar-refractivity contribution in [2.75, 3.05) is 26.3 Å². The predicted octanol–water partition coefficient (Wildman–Crippen LogP) is 4.93. The molecule has 33 heavy (non-hydrogen) atoms. The van der Waals surface area contributed by atoms with Crippen LogP contribution in [0.2, 0.25) is 0 Å². The Kier molecular flexibility index (Phi) is 11.9. The normalized spacial score (nSPS) is 10.2. The number of hydrogen-bond donors (Lipinski definition) is 2. The van der Waals surface area contributed by atoms with Crippen LogP contribution in [0, 0.1) is 0 Å². The number of ether oxygens (including phenoxy) is 2. The molecule has 0 radical (unpaired) electrons. The molecule has 0 aromatic heterocycles. The first-order valence-electron chi connectivity index (χ1n) is 11.4. The average molecular weight is 451 g/mol. The molecule has 2 aromatic rings. The summed E-state index contributed by atoms with van der Waals surface area (Å²) in [6, 6.07) is 14.2. The van der Waals surface area contributed by atoms with Gasteiger partial charge < -0.3 is 20.1 Å². The van der Waals surface area contributed by atoms with Crippen molar-refractivity contribution in [3.8, 4) is 11.5 Å². The van der Waals surface area contributed by atoms with Crippen LogP contribution < -0.4 is 20.1 Å². The van der Waals surface area contributed by atoms with Gasteiger partial charge in [-0.05, 0) is 61.4 Å². The van der Waals surface area contributed by atoms with Crippen LogP contribution in [0.3, 0.4) is 0 Å². The SMILES string of the molecule is C=CCOc1ccc(C(=O)NCCCCCCCNC(=O)c2ccc(OCC=C)cc2)cc1. The lowest BCUT2D eigenvalue weighted by Gasteiger charge is -2.08. The first-order chi connectivity index (χ1) is 16.1. The summed E-state index contributed by atoms with van der Waals surface area (Å²) in [5.41, 5.74) is 1.24. The zero-order valence-corrected chi connectivity index (χ0v) is 19.2. The minimum atomic E-state index is -0.0757. The van der Waals surface area contributed by atoms with Crippen molar-refractivity contribution < 1.29 is 19.1 Å². The Morgan fingerprint density at radius 1 is 0.636 bits per heavy atom. The van der Waals surface area contributed by atoms with E-state index in [1.165, 1.54) is 0 Å². The lowest BCUT2D eigenvalue weighted by molar-refractivity contribution is 0.0945. The van der Waals surface area contributed by atoms with Gasteiger partial charge in [-0.3, -0.25) is 9.59 Å². The van der Waals surface area contributed by atoms with Gasteiger partial charge in [-0.2, -0.15) is 0 Å². The van der Waals surface area contributed by atoms with Gasteiger partial charge in [0.15, 0.2) is 0 Å². The Labute approximate surface area is 196 Å².